The lowest BCUT2D eigenvalue weighted by atomic mass is 9.85. The first-order valence-corrected chi connectivity index (χ1v) is 6.30. The van der Waals surface area contributed by atoms with E-state index < -0.39 is 5.97 Å². The third-order valence-corrected chi connectivity index (χ3v) is 3.74. The van der Waals surface area contributed by atoms with Gasteiger partial charge in [-0.3, -0.25) is 14.6 Å². The van der Waals surface area contributed by atoms with Crippen LogP contribution < -0.4 is 4.90 Å². The molecule has 6 nitrogen and oxygen atoms in total. The summed E-state index contributed by atoms with van der Waals surface area (Å²) in [5.41, 5.74) is 0.186. The fourth-order valence-corrected chi connectivity index (χ4v) is 2.72. The van der Waals surface area contributed by atoms with Crippen LogP contribution >= 0.6 is 0 Å². The molecule has 20 heavy (non-hydrogen) atoms. The van der Waals surface area contributed by atoms with Gasteiger partial charge in [-0.05, 0) is 18.9 Å². The van der Waals surface area contributed by atoms with Crippen molar-refractivity contribution in [2.24, 2.45) is 11.8 Å². The Bertz CT molecular complexity index is 612. The van der Waals surface area contributed by atoms with Crippen molar-refractivity contribution in [2.75, 3.05) is 4.90 Å². The molecule has 0 spiro atoms. The quantitative estimate of drug-likeness (QED) is 0.646. The maximum atomic E-state index is 12.3. The molecule has 1 aliphatic heterocycles. The van der Waals surface area contributed by atoms with Crippen molar-refractivity contribution in [3.63, 3.8) is 0 Å². The van der Waals surface area contributed by atoms with Crippen molar-refractivity contribution >= 4 is 23.5 Å². The number of anilines is 1. The average molecular weight is 272 g/mol. The molecule has 1 aromatic rings. The molecule has 1 aromatic heterocycles. The van der Waals surface area contributed by atoms with Gasteiger partial charge in [0, 0.05) is 6.20 Å². The molecule has 0 radical (unpaired) electrons. The van der Waals surface area contributed by atoms with E-state index in [2.05, 4.69) is 4.98 Å². The zero-order chi connectivity index (χ0) is 14.3. The second kappa shape index (κ2) is 4.56. The lowest BCUT2D eigenvalue weighted by molar-refractivity contribution is -0.122. The van der Waals surface area contributed by atoms with E-state index in [9.17, 15) is 14.4 Å². The zero-order valence-electron chi connectivity index (χ0n) is 10.5. The van der Waals surface area contributed by atoms with Crippen molar-refractivity contribution in [1.82, 2.24) is 4.98 Å². The molecule has 0 saturated carbocycles. The molecule has 3 rings (SSSR count). The fourth-order valence-electron chi connectivity index (χ4n) is 2.72. The molecule has 0 unspecified atom stereocenters. The standard InChI is InChI=1S/C14H12N2O4/c17-12-10-3-1-2-4-11(10)13(18)16(12)9-5-8(14(19)20)6-15-7-9/h1-2,5-7,10-11H,3-4H2,(H,19,20)/t10-,11+. The van der Waals surface area contributed by atoms with Crippen LogP contribution in [0.3, 0.4) is 0 Å². The Morgan fingerprint density at radius 3 is 2.30 bits per heavy atom. The number of carbonyl (C=O) groups excluding carboxylic acids is 2. The Labute approximate surface area is 114 Å². The van der Waals surface area contributed by atoms with Gasteiger partial charge >= 0.3 is 5.97 Å². The number of fused-ring (bicyclic) bond motifs is 1. The van der Waals surface area contributed by atoms with Crippen LogP contribution in [0.2, 0.25) is 0 Å². The van der Waals surface area contributed by atoms with Crippen LogP contribution in [-0.2, 0) is 9.59 Å². The minimum atomic E-state index is -1.14. The summed E-state index contributed by atoms with van der Waals surface area (Å²) in [5, 5.41) is 8.95. The number of amides is 2. The van der Waals surface area contributed by atoms with E-state index >= 15 is 0 Å². The SMILES string of the molecule is O=C(O)c1cncc(N2C(=O)[C@H]3CC=CC[C@H]3C2=O)c1. The van der Waals surface area contributed by atoms with Gasteiger partial charge in [-0.2, -0.15) is 0 Å². The molecule has 0 aromatic carbocycles. The first-order chi connectivity index (χ1) is 9.59. The Balaban J connectivity index is 1.98. The zero-order valence-corrected chi connectivity index (χ0v) is 10.5. The molecule has 2 heterocycles. The first kappa shape index (κ1) is 12.5. The number of carboxylic acids is 1. The highest BCUT2D eigenvalue weighted by molar-refractivity contribution is 6.22. The van der Waals surface area contributed by atoms with E-state index in [4.69, 9.17) is 5.11 Å². The third-order valence-electron chi connectivity index (χ3n) is 3.74. The number of allylic oxidation sites excluding steroid dienone is 2. The van der Waals surface area contributed by atoms with Gasteiger partial charge in [-0.1, -0.05) is 12.2 Å². The van der Waals surface area contributed by atoms with Gasteiger partial charge in [-0.15, -0.1) is 0 Å². The molecule has 1 N–H and O–H groups in total. The largest absolute Gasteiger partial charge is 0.478 e. The number of rotatable bonds is 2. The maximum Gasteiger partial charge on any atom is 0.337 e. The van der Waals surface area contributed by atoms with Crippen molar-refractivity contribution in [2.45, 2.75) is 12.8 Å². The van der Waals surface area contributed by atoms with Gasteiger partial charge in [0.1, 0.15) is 0 Å². The number of carboxylic acid groups (broad SMARTS) is 1. The van der Waals surface area contributed by atoms with Gasteiger partial charge in [0.25, 0.3) is 0 Å². The van der Waals surface area contributed by atoms with Crippen LogP contribution in [0.25, 0.3) is 0 Å². The topological polar surface area (TPSA) is 87.6 Å². The van der Waals surface area contributed by atoms with E-state index in [0.29, 0.717) is 12.8 Å². The van der Waals surface area contributed by atoms with Crippen molar-refractivity contribution in [3.05, 3.63) is 36.2 Å². The summed E-state index contributed by atoms with van der Waals surface area (Å²) in [5.74, 6) is -2.35. The van der Waals surface area contributed by atoms with Crippen LogP contribution in [0.1, 0.15) is 23.2 Å². The molecule has 0 bridgehead atoms. The summed E-state index contributed by atoms with van der Waals surface area (Å²) in [6.45, 7) is 0. The number of aromatic carboxylic acids is 1. The average Bonchev–Trinajstić information content (AvgIpc) is 2.72. The summed E-state index contributed by atoms with van der Waals surface area (Å²) in [6.07, 6.45) is 7.44. The van der Waals surface area contributed by atoms with Gasteiger partial charge in [0.15, 0.2) is 0 Å². The minimum Gasteiger partial charge on any atom is -0.478 e. The van der Waals surface area contributed by atoms with Crippen molar-refractivity contribution in [3.8, 4) is 0 Å². The summed E-state index contributed by atoms with van der Waals surface area (Å²) in [7, 11) is 0. The number of hydrogen-bond acceptors (Lipinski definition) is 4. The number of nitrogens with zero attached hydrogens (tertiary/aromatic N) is 2. The second-order valence-electron chi connectivity index (χ2n) is 4.90. The molecule has 2 atom stereocenters. The number of aromatic nitrogens is 1. The van der Waals surface area contributed by atoms with Gasteiger partial charge < -0.3 is 5.11 Å². The highest BCUT2D eigenvalue weighted by atomic mass is 16.4. The number of pyridine rings is 1. The van der Waals surface area contributed by atoms with E-state index in [1.807, 2.05) is 12.2 Å². The smallest absolute Gasteiger partial charge is 0.337 e. The van der Waals surface area contributed by atoms with Crippen LogP contribution in [0.4, 0.5) is 5.69 Å². The Hall–Kier alpha value is -2.50. The highest BCUT2D eigenvalue weighted by Gasteiger charge is 2.47. The molecule has 1 saturated heterocycles. The van der Waals surface area contributed by atoms with E-state index in [0.717, 1.165) is 4.90 Å². The second-order valence-corrected chi connectivity index (χ2v) is 4.90. The lowest BCUT2D eigenvalue weighted by Gasteiger charge is -2.14. The molecular weight excluding hydrogens is 260 g/mol. The predicted molar refractivity (Wildman–Crippen MR) is 69.0 cm³/mol. The summed E-state index contributed by atoms with van der Waals surface area (Å²) < 4.78 is 0. The van der Waals surface area contributed by atoms with E-state index in [1.165, 1.54) is 18.5 Å². The molecular formula is C14H12N2O4. The van der Waals surface area contributed by atoms with E-state index in [1.54, 1.807) is 0 Å². The van der Waals surface area contributed by atoms with Gasteiger partial charge in [0.2, 0.25) is 11.8 Å². The van der Waals surface area contributed by atoms with Gasteiger partial charge in [-0.25, -0.2) is 9.69 Å². The highest BCUT2D eigenvalue weighted by Crippen LogP contribution is 2.37. The monoisotopic (exact) mass is 272 g/mol. The van der Waals surface area contributed by atoms with Crippen LogP contribution in [-0.4, -0.2) is 27.9 Å². The lowest BCUT2D eigenvalue weighted by Crippen LogP contribution is -2.31. The van der Waals surface area contributed by atoms with Crippen LogP contribution in [0, 0.1) is 11.8 Å². The molecule has 102 valence electrons. The normalized spacial score (nSPS) is 24.9. The number of carbonyl (C=O) groups is 3. The van der Waals surface area contributed by atoms with Gasteiger partial charge in [0.05, 0.1) is 29.3 Å². The van der Waals surface area contributed by atoms with Crippen LogP contribution in [0.5, 0.6) is 0 Å². The molecule has 1 aliphatic carbocycles. The summed E-state index contributed by atoms with van der Waals surface area (Å²) in [4.78, 5) is 40.5. The first-order valence-electron chi connectivity index (χ1n) is 6.30. The minimum absolute atomic E-state index is 0.0453. The van der Waals surface area contributed by atoms with Crippen molar-refractivity contribution in [1.29, 1.82) is 0 Å². The summed E-state index contributed by atoms with van der Waals surface area (Å²) >= 11 is 0. The molecule has 2 aliphatic rings. The number of imide groups is 1. The summed E-state index contributed by atoms with van der Waals surface area (Å²) in [6, 6.07) is 1.30. The fraction of sp³-hybridized carbons (Fsp3) is 0.286. The molecule has 1 fully saturated rings. The van der Waals surface area contributed by atoms with Crippen molar-refractivity contribution < 1.29 is 19.5 Å². The van der Waals surface area contributed by atoms with Crippen LogP contribution in [0.15, 0.2) is 30.6 Å². The molecule has 6 heteroatoms. The third kappa shape index (κ3) is 1.80. The Morgan fingerprint density at radius 2 is 1.75 bits per heavy atom. The predicted octanol–water partition coefficient (Wildman–Crippen LogP) is 1.24. The Morgan fingerprint density at radius 1 is 1.15 bits per heavy atom. The molecule has 2 amide bonds. The Kier molecular flexibility index (Phi) is 2.85. The number of hydrogen-bond donors (Lipinski definition) is 1. The maximum absolute atomic E-state index is 12.3. The van der Waals surface area contributed by atoms with E-state index in [-0.39, 0.29) is 34.9 Å².